The average molecular weight is 442 g/mol. The SMILES string of the molecule is COC(=O)C(Cc1ccc(O)cc1)NC(=O)c1cc2cc([N+](=O)[O-])c(O)c(C)c2oc1=O. The first-order valence-electron chi connectivity index (χ1n) is 9.23. The van der Waals surface area contributed by atoms with Crippen molar-refractivity contribution in [2.75, 3.05) is 7.11 Å². The number of ether oxygens (including phenoxy) is 1. The number of hydrogen-bond acceptors (Lipinski definition) is 9. The minimum atomic E-state index is -1.16. The highest BCUT2D eigenvalue weighted by molar-refractivity contribution is 5.99. The molecule has 0 saturated heterocycles. The minimum absolute atomic E-state index is 0.00998. The number of rotatable bonds is 6. The zero-order valence-electron chi connectivity index (χ0n) is 16.9. The lowest BCUT2D eigenvalue weighted by Gasteiger charge is -2.16. The molecular weight excluding hydrogens is 424 g/mol. The van der Waals surface area contributed by atoms with Crippen molar-refractivity contribution in [3.8, 4) is 11.5 Å². The molecule has 1 heterocycles. The Morgan fingerprint density at radius 1 is 1.22 bits per heavy atom. The molecule has 0 aliphatic carbocycles. The third-order valence-corrected chi connectivity index (χ3v) is 4.82. The Hall–Kier alpha value is -4.41. The number of benzene rings is 2. The number of carbonyl (C=O) groups excluding carboxylic acids is 2. The molecule has 166 valence electrons. The molecule has 3 rings (SSSR count). The standard InChI is InChI=1S/C21H18N2O9/c1-10-17(25)16(23(29)30)9-12-8-14(20(27)32-18(10)12)19(26)22-15(21(28)31-2)7-11-3-5-13(24)6-4-11/h3-6,8-9,15,24-25H,7H2,1-2H3,(H,22,26). The van der Waals surface area contributed by atoms with E-state index in [9.17, 15) is 34.7 Å². The van der Waals surface area contributed by atoms with Gasteiger partial charge in [-0.15, -0.1) is 0 Å². The van der Waals surface area contributed by atoms with Crippen molar-refractivity contribution >= 4 is 28.5 Å². The number of phenolic OH excluding ortho intramolecular Hbond substituents is 2. The average Bonchev–Trinajstić information content (AvgIpc) is 2.76. The van der Waals surface area contributed by atoms with Crippen LogP contribution in [0.1, 0.15) is 21.5 Å². The summed E-state index contributed by atoms with van der Waals surface area (Å²) in [7, 11) is 1.14. The topological polar surface area (TPSA) is 169 Å². The predicted molar refractivity (Wildman–Crippen MR) is 111 cm³/mol. The molecule has 32 heavy (non-hydrogen) atoms. The fourth-order valence-corrected chi connectivity index (χ4v) is 3.14. The van der Waals surface area contributed by atoms with Crippen LogP contribution in [0, 0.1) is 17.0 Å². The molecular formula is C21H18N2O9. The van der Waals surface area contributed by atoms with Gasteiger partial charge in [0.2, 0.25) is 5.75 Å². The number of hydrogen-bond donors (Lipinski definition) is 3. The molecule has 0 fully saturated rings. The molecule has 0 aliphatic rings. The number of fused-ring (bicyclic) bond motifs is 1. The van der Waals surface area contributed by atoms with E-state index in [2.05, 4.69) is 5.32 Å². The van der Waals surface area contributed by atoms with Gasteiger partial charge in [0, 0.05) is 23.4 Å². The highest BCUT2D eigenvalue weighted by Gasteiger charge is 2.26. The third kappa shape index (κ3) is 4.36. The lowest BCUT2D eigenvalue weighted by atomic mass is 10.0. The number of esters is 1. The van der Waals surface area contributed by atoms with Crippen molar-refractivity contribution in [3.05, 3.63) is 73.6 Å². The van der Waals surface area contributed by atoms with E-state index in [1.165, 1.54) is 19.1 Å². The van der Waals surface area contributed by atoms with Crippen LogP contribution in [0.3, 0.4) is 0 Å². The fourth-order valence-electron chi connectivity index (χ4n) is 3.14. The van der Waals surface area contributed by atoms with Gasteiger partial charge < -0.3 is 24.7 Å². The number of phenols is 2. The number of methoxy groups -OCH3 is 1. The molecule has 2 aromatic carbocycles. The van der Waals surface area contributed by atoms with Gasteiger partial charge in [0.05, 0.1) is 12.0 Å². The zero-order valence-corrected chi connectivity index (χ0v) is 16.9. The first kappa shape index (κ1) is 22.3. The van der Waals surface area contributed by atoms with Gasteiger partial charge in [-0.1, -0.05) is 12.1 Å². The van der Waals surface area contributed by atoms with Crippen molar-refractivity contribution < 1.29 is 33.9 Å². The monoisotopic (exact) mass is 442 g/mol. The van der Waals surface area contributed by atoms with Crippen LogP contribution in [0.5, 0.6) is 11.5 Å². The number of amides is 1. The minimum Gasteiger partial charge on any atom is -0.508 e. The fraction of sp³-hybridized carbons (Fsp3) is 0.190. The van der Waals surface area contributed by atoms with Crippen molar-refractivity contribution in [1.82, 2.24) is 5.32 Å². The van der Waals surface area contributed by atoms with E-state index < -0.39 is 45.5 Å². The van der Waals surface area contributed by atoms with Crippen LogP contribution >= 0.6 is 0 Å². The Balaban J connectivity index is 1.97. The summed E-state index contributed by atoms with van der Waals surface area (Å²) >= 11 is 0. The molecule has 0 bridgehead atoms. The summed E-state index contributed by atoms with van der Waals surface area (Å²) in [4.78, 5) is 47.6. The third-order valence-electron chi connectivity index (χ3n) is 4.82. The summed E-state index contributed by atoms with van der Waals surface area (Å²) in [5.41, 5.74) is -1.70. The molecule has 1 amide bonds. The number of aromatic hydroxyl groups is 2. The maximum Gasteiger partial charge on any atom is 0.349 e. The first-order valence-corrected chi connectivity index (χ1v) is 9.23. The lowest BCUT2D eigenvalue weighted by Crippen LogP contribution is -2.44. The summed E-state index contributed by atoms with van der Waals surface area (Å²) in [5.74, 6) is -2.35. The van der Waals surface area contributed by atoms with Crippen LogP contribution in [0.4, 0.5) is 5.69 Å². The van der Waals surface area contributed by atoms with Gasteiger partial charge in [-0.05, 0) is 30.7 Å². The molecule has 0 spiro atoms. The number of aryl methyl sites for hydroxylation is 1. The number of nitro benzene ring substituents is 1. The molecule has 0 radical (unpaired) electrons. The van der Waals surface area contributed by atoms with E-state index >= 15 is 0 Å². The van der Waals surface area contributed by atoms with Gasteiger partial charge in [-0.25, -0.2) is 9.59 Å². The van der Waals surface area contributed by atoms with E-state index in [1.54, 1.807) is 12.1 Å². The maximum absolute atomic E-state index is 12.8. The second-order valence-corrected chi connectivity index (χ2v) is 6.91. The van der Waals surface area contributed by atoms with Gasteiger partial charge in [-0.2, -0.15) is 0 Å². The Morgan fingerprint density at radius 3 is 2.47 bits per heavy atom. The van der Waals surface area contributed by atoms with E-state index in [-0.39, 0.29) is 28.7 Å². The molecule has 11 heteroatoms. The molecule has 3 aromatic rings. The number of carbonyl (C=O) groups is 2. The summed E-state index contributed by atoms with van der Waals surface area (Å²) < 4.78 is 9.83. The maximum atomic E-state index is 12.8. The predicted octanol–water partition coefficient (Wildman–Crippen LogP) is 1.93. The summed E-state index contributed by atoms with van der Waals surface area (Å²) in [6.45, 7) is 1.33. The number of nitro groups is 1. The van der Waals surface area contributed by atoms with Crippen LogP contribution in [0.25, 0.3) is 11.0 Å². The second kappa shape index (κ2) is 8.76. The van der Waals surface area contributed by atoms with E-state index in [0.717, 1.165) is 19.2 Å². The quantitative estimate of drug-likeness (QED) is 0.223. The molecule has 11 nitrogen and oxygen atoms in total. The summed E-state index contributed by atoms with van der Waals surface area (Å²) in [5, 5.41) is 32.9. The van der Waals surface area contributed by atoms with Crippen molar-refractivity contribution in [3.63, 3.8) is 0 Å². The van der Waals surface area contributed by atoms with Gasteiger partial charge in [0.15, 0.2) is 0 Å². The van der Waals surface area contributed by atoms with Crippen LogP contribution in [-0.2, 0) is 16.0 Å². The van der Waals surface area contributed by atoms with Gasteiger partial charge in [0.1, 0.15) is 22.9 Å². The van der Waals surface area contributed by atoms with Crippen molar-refractivity contribution in [2.24, 2.45) is 0 Å². The first-order chi connectivity index (χ1) is 15.1. The van der Waals surface area contributed by atoms with E-state index in [0.29, 0.717) is 5.56 Å². The molecule has 1 atom stereocenters. The Bertz CT molecular complexity index is 1280. The molecule has 1 unspecified atom stereocenters. The Kier molecular flexibility index (Phi) is 6.10. The molecule has 0 aliphatic heterocycles. The van der Waals surface area contributed by atoms with Crippen LogP contribution in [-0.4, -0.2) is 40.2 Å². The summed E-state index contributed by atoms with van der Waals surface area (Å²) in [6.07, 6.45) is 0.00998. The second-order valence-electron chi connectivity index (χ2n) is 6.91. The highest BCUT2D eigenvalue weighted by Crippen LogP contribution is 2.35. The number of nitrogens with zero attached hydrogens (tertiary/aromatic N) is 1. The van der Waals surface area contributed by atoms with Gasteiger partial charge in [-0.3, -0.25) is 14.9 Å². The smallest absolute Gasteiger partial charge is 0.349 e. The van der Waals surface area contributed by atoms with Gasteiger partial charge >= 0.3 is 17.3 Å². The Labute approximate surface area is 180 Å². The van der Waals surface area contributed by atoms with Crippen molar-refractivity contribution in [2.45, 2.75) is 19.4 Å². The molecule has 1 aromatic heterocycles. The van der Waals surface area contributed by atoms with E-state index in [4.69, 9.17) is 9.15 Å². The molecule has 3 N–H and O–H groups in total. The van der Waals surface area contributed by atoms with Crippen LogP contribution in [0.15, 0.2) is 45.6 Å². The lowest BCUT2D eigenvalue weighted by molar-refractivity contribution is -0.385. The van der Waals surface area contributed by atoms with Crippen LogP contribution < -0.4 is 10.9 Å². The van der Waals surface area contributed by atoms with E-state index in [1.807, 2.05) is 0 Å². The Morgan fingerprint density at radius 2 is 1.88 bits per heavy atom. The summed E-state index contributed by atoms with van der Waals surface area (Å²) in [6, 6.07) is 6.83. The van der Waals surface area contributed by atoms with Gasteiger partial charge in [0.25, 0.3) is 5.91 Å². The highest BCUT2D eigenvalue weighted by atomic mass is 16.6. The van der Waals surface area contributed by atoms with Crippen molar-refractivity contribution in [1.29, 1.82) is 0 Å². The number of nitrogens with one attached hydrogen (secondary N) is 1. The largest absolute Gasteiger partial charge is 0.508 e. The van der Waals surface area contributed by atoms with Crippen LogP contribution in [0.2, 0.25) is 0 Å². The normalized spacial score (nSPS) is 11.7. The molecule has 0 saturated carbocycles. The zero-order chi connectivity index (χ0) is 23.6.